The summed E-state index contributed by atoms with van der Waals surface area (Å²) in [5, 5.41) is 2.02. The zero-order chi connectivity index (χ0) is 7.40. The first-order chi connectivity index (χ1) is 4.84. The van der Waals surface area contributed by atoms with Gasteiger partial charge in [-0.15, -0.1) is 0 Å². The standard InChI is InChI=1S/C6H11NO2S/c1-2-9-6(8)5-3-10-4-7-5/h5,7H,2-4H2,1H3/p+1. The molecule has 1 heterocycles. The topological polar surface area (TPSA) is 42.9 Å². The summed E-state index contributed by atoms with van der Waals surface area (Å²) in [4.78, 5) is 11.0. The Labute approximate surface area is 64.5 Å². The Hall–Kier alpha value is -0.220. The summed E-state index contributed by atoms with van der Waals surface area (Å²) in [6.07, 6.45) is 0. The fraction of sp³-hybridized carbons (Fsp3) is 0.833. The molecule has 0 amide bonds. The Morgan fingerprint density at radius 2 is 2.70 bits per heavy atom. The largest absolute Gasteiger partial charge is 0.462 e. The van der Waals surface area contributed by atoms with E-state index in [2.05, 4.69) is 0 Å². The Morgan fingerprint density at radius 1 is 1.90 bits per heavy atom. The van der Waals surface area contributed by atoms with E-state index in [1.165, 1.54) is 0 Å². The van der Waals surface area contributed by atoms with E-state index in [0.29, 0.717) is 6.61 Å². The van der Waals surface area contributed by atoms with Crippen LogP contribution in [0.3, 0.4) is 0 Å². The quantitative estimate of drug-likeness (QED) is 0.540. The summed E-state index contributed by atoms with van der Waals surface area (Å²) in [5.41, 5.74) is 0. The monoisotopic (exact) mass is 162 g/mol. The third-order valence-electron chi connectivity index (χ3n) is 1.39. The lowest BCUT2D eigenvalue weighted by atomic mass is 10.3. The molecule has 0 bridgehead atoms. The number of hydrogen-bond donors (Lipinski definition) is 1. The molecule has 2 N–H and O–H groups in total. The molecule has 58 valence electrons. The van der Waals surface area contributed by atoms with Gasteiger partial charge in [-0.25, -0.2) is 4.79 Å². The van der Waals surface area contributed by atoms with Crippen molar-refractivity contribution >= 4 is 17.7 Å². The molecule has 1 fully saturated rings. The highest BCUT2D eigenvalue weighted by molar-refractivity contribution is 7.99. The lowest BCUT2D eigenvalue weighted by Gasteiger charge is -2.03. The average Bonchev–Trinajstić information content (AvgIpc) is 2.38. The molecule has 1 atom stereocenters. The minimum Gasteiger partial charge on any atom is -0.462 e. The van der Waals surface area contributed by atoms with Gasteiger partial charge in [0.1, 0.15) is 5.88 Å². The second kappa shape index (κ2) is 3.83. The van der Waals surface area contributed by atoms with Gasteiger partial charge in [0, 0.05) is 0 Å². The Morgan fingerprint density at radius 3 is 3.20 bits per heavy atom. The van der Waals surface area contributed by atoms with Gasteiger partial charge < -0.3 is 10.1 Å². The van der Waals surface area contributed by atoms with Gasteiger partial charge in [-0.05, 0) is 6.92 Å². The molecule has 1 saturated heterocycles. The van der Waals surface area contributed by atoms with Crippen molar-refractivity contribution in [2.45, 2.75) is 13.0 Å². The zero-order valence-corrected chi connectivity index (χ0v) is 6.82. The van der Waals surface area contributed by atoms with Crippen molar-refractivity contribution in [1.82, 2.24) is 0 Å². The molecular formula is C6H12NO2S+. The lowest BCUT2D eigenvalue weighted by Crippen LogP contribution is -2.89. The van der Waals surface area contributed by atoms with Crippen molar-refractivity contribution in [3.63, 3.8) is 0 Å². The van der Waals surface area contributed by atoms with Crippen molar-refractivity contribution in [2.75, 3.05) is 18.2 Å². The van der Waals surface area contributed by atoms with Crippen molar-refractivity contribution in [3.8, 4) is 0 Å². The van der Waals surface area contributed by atoms with Crippen LogP contribution in [0.4, 0.5) is 0 Å². The predicted molar refractivity (Wildman–Crippen MR) is 39.7 cm³/mol. The molecule has 0 spiro atoms. The maximum atomic E-state index is 11.0. The summed E-state index contributed by atoms with van der Waals surface area (Å²) in [6, 6.07) is 0.0601. The maximum absolute atomic E-state index is 11.0. The second-order valence-electron chi connectivity index (χ2n) is 2.13. The van der Waals surface area contributed by atoms with Crippen molar-refractivity contribution < 1.29 is 14.8 Å². The second-order valence-corrected chi connectivity index (χ2v) is 3.21. The molecule has 0 aliphatic carbocycles. The molecule has 1 unspecified atom stereocenters. The van der Waals surface area contributed by atoms with Crippen LogP contribution < -0.4 is 5.32 Å². The highest BCUT2D eigenvalue weighted by Gasteiger charge is 2.27. The van der Waals surface area contributed by atoms with Crippen molar-refractivity contribution in [3.05, 3.63) is 0 Å². The molecule has 3 nitrogen and oxygen atoms in total. The molecule has 0 aromatic carbocycles. The molecule has 4 heteroatoms. The number of esters is 1. The van der Waals surface area contributed by atoms with Crippen LogP contribution in [0.15, 0.2) is 0 Å². The summed E-state index contributed by atoms with van der Waals surface area (Å²) >= 11 is 1.78. The molecule has 0 aromatic heterocycles. The molecule has 0 aromatic rings. The third-order valence-corrected chi connectivity index (χ3v) is 2.41. The SMILES string of the molecule is CCOC(=O)C1CSC[NH2+]1. The highest BCUT2D eigenvalue weighted by Crippen LogP contribution is 2.03. The van der Waals surface area contributed by atoms with Crippen LogP contribution in [-0.4, -0.2) is 30.2 Å². The molecule has 10 heavy (non-hydrogen) atoms. The summed E-state index contributed by atoms with van der Waals surface area (Å²) in [5.74, 6) is 1.83. The average molecular weight is 162 g/mol. The van der Waals surface area contributed by atoms with Crippen LogP contribution in [0, 0.1) is 0 Å². The highest BCUT2D eigenvalue weighted by atomic mass is 32.2. The fourth-order valence-electron chi connectivity index (χ4n) is 0.861. The lowest BCUT2D eigenvalue weighted by molar-refractivity contribution is -0.649. The Kier molecular flexibility index (Phi) is 3.02. The number of carbonyl (C=O) groups is 1. The maximum Gasteiger partial charge on any atom is 0.365 e. The molecule has 1 aliphatic rings. The van der Waals surface area contributed by atoms with E-state index in [0.717, 1.165) is 11.6 Å². The van der Waals surface area contributed by atoms with Crippen LogP contribution in [0.2, 0.25) is 0 Å². The van der Waals surface area contributed by atoms with Crippen molar-refractivity contribution in [1.29, 1.82) is 0 Å². The van der Waals surface area contributed by atoms with E-state index >= 15 is 0 Å². The number of ether oxygens (including phenoxy) is 1. The van der Waals surface area contributed by atoms with Gasteiger partial charge in [0.25, 0.3) is 0 Å². The number of quaternary nitrogens is 1. The fourth-order valence-corrected chi connectivity index (χ4v) is 1.89. The number of nitrogens with two attached hydrogens (primary N) is 1. The van der Waals surface area contributed by atoms with Gasteiger partial charge >= 0.3 is 5.97 Å². The van der Waals surface area contributed by atoms with Crippen LogP contribution in [0.25, 0.3) is 0 Å². The van der Waals surface area contributed by atoms with Gasteiger partial charge in [-0.1, -0.05) is 11.8 Å². The Balaban J connectivity index is 2.25. The molecular weight excluding hydrogens is 150 g/mol. The van der Waals surface area contributed by atoms with Crippen LogP contribution in [0.1, 0.15) is 6.92 Å². The smallest absolute Gasteiger partial charge is 0.365 e. The first-order valence-electron chi connectivity index (χ1n) is 3.42. The van der Waals surface area contributed by atoms with Crippen LogP contribution in [0.5, 0.6) is 0 Å². The predicted octanol–water partition coefficient (Wildman–Crippen LogP) is -0.814. The first-order valence-corrected chi connectivity index (χ1v) is 4.57. The van der Waals surface area contributed by atoms with Gasteiger partial charge in [0.2, 0.25) is 0 Å². The first kappa shape index (κ1) is 7.88. The van der Waals surface area contributed by atoms with Crippen LogP contribution >= 0.6 is 11.8 Å². The van der Waals surface area contributed by atoms with E-state index < -0.39 is 0 Å². The number of thioether (sulfide) groups is 1. The van der Waals surface area contributed by atoms with Gasteiger partial charge in [0.05, 0.1) is 12.4 Å². The number of hydrogen-bond acceptors (Lipinski definition) is 3. The van der Waals surface area contributed by atoms with E-state index in [-0.39, 0.29) is 12.0 Å². The number of rotatable bonds is 2. The van der Waals surface area contributed by atoms with Gasteiger partial charge in [-0.2, -0.15) is 0 Å². The zero-order valence-electron chi connectivity index (χ0n) is 6.00. The summed E-state index contributed by atoms with van der Waals surface area (Å²) < 4.78 is 4.84. The molecule has 1 rings (SSSR count). The molecule has 0 radical (unpaired) electrons. The Bertz CT molecular complexity index is 123. The van der Waals surface area contributed by atoms with Gasteiger partial charge in [-0.3, -0.25) is 0 Å². The van der Waals surface area contributed by atoms with E-state index in [9.17, 15) is 4.79 Å². The normalized spacial score (nSPS) is 24.7. The number of carbonyl (C=O) groups excluding carboxylic acids is 1. The van der Waals surface area contributed by atoms with E-state index in [4.69, 9.17) is 4.74 Å². The van der Waals surface area contributed by atoms with E-state index in [1.807, 2.05) is 12.2 Å². The molecule has 1 aliphatic heterocycles. The van der Waals surface area contributed by atoms with E-state index in [1.54, 1.807) is 11.8 Å². The minimum absolute atomic E-state index is 0.0601. The third kappa shape index (κ3) is 1.88. The minimum atomic E-state index is -0.0625. The van der Waals surface area contributed by atoms with Crippen molar-refractivity contribution in [2.24, 2.45) is 0 Å². The van der Waals surface area contributed by atoms with Gasteiger partial charge in [0.15, 0.2) is 6.04 Å². The summed E-state index contributed by atoms with van der Waals surface area (Å²) in [7, 11) is 0. The summed E-state index contributed by atoms with van der Waals surface area (Å²) in [6.45, 7) is 2.33. The molecule has 0 saturated carbocycles. The van der Waals surface area contributed by atoms with Crippen LogP contribution in [-0.2, 0) is 9.53 Å².